The highest BCUT2D eigenvalue weighted by Gasteiger charge is 2.40. The molecule has 1 aliphatic carbocycles. The first-order valence-electron chi connectivity index (χ1n) is 8.42. The first-order chi connectivity index (χ1) is 12.2. The van der Waals surface area contributed by atoms with Gasteiger partial charge in [0, 0.05) is 7.11 Å². The van der Waals surface area contributed by atoms with E-state index in [1.807, 2.05) is 24.3 Å². The summed E-state index contributed by atoms with van der Waals surface area (Å²) in [7, 11) is 3.12. The molecule has 0 aliphatic heterocycles. The minimum atomic E-state index is -0.599. The zero-order chi connectivity index (χ0) is 17.7. The van der Waals surface area contributed by atoms with Gasteiger partial charge in [0.2, 0.25) is 5.91 Å². The second kappa shape index (κ2) is 7.60. The Labute approximate surface area is 146 Å². The number of benzene rings is 1. The fourth-order valence-corrected chi connectivity index (χ4v) is 3.45. The van der Waals surface area contributed by atoms with Crippen LogP contribution in [0.3, 0.4) is 0 Å². The third-order valence-electron chi connectivity index (χ3n) is 4.57. The molecule has 1 aromatic heterocycles. The Kier molecular flexibility index (Phi) is 5.28. The molecule has 0 radical (unpaired) electrons. The van der Waals surface area contributed by atoms with Crippen LogP contribution in [0.15, 0.2) is 24.3 Å². The van der Waals surface area contributed by atoms with E-state index in [4.69, 9.17) is 9.47 Å². The second-order valence-electron chi connectivity index (χ2n) is 6.21. The first kappa shape index (κ1) is 17.3. The summed E-state index contributed by atoms with van der Waals surface area (Å²) >= 11 is 0. The molecule has 0 unspecified atom stereocenters. The summed E-state index contributed by atoms with van der Waals surface area (Å²) in [6.07, 6.45) is 4.73. The van der Waals surface area contributed by atoms with Crippen LogP contribution >= 0.6 is 0 Å². The van der Waals surface area contributed by atoms with Gasteiger partial charge in [-0.05, 0) is 35.4 Å². The number of hydrogen-bond acceptors (Lipinski definition) is 6. The van der Waals surface area contributed by atoms with Gasteiger partial charge in [0.25, 0.3) is 0 Å². The molecule has 1 N–H and O–H groups in total. The van der Waals surface area contributed by atoms with Gasteiger partial charge in [-0.25, -0.2) is 0 Å². The zero-order valence-corrected chi connectivity index (χ0v) is 14.6. The van der Waals surface area contributed by atoms with Crippen molar-refractivity contribution in [1.82, 2.24) is 25.5 Å². The van der Waals surface area contributed by atoms with Crippen molar-refractivity contribution < 1.29 is 14.3 Å². The standard InChI is InChI=1S/C17H23N5O3/c1-24-12-15(23)18-17(10-6-3-7-11-17)16-19-20-21-22(16)13-8-4-5-9-14(13)25-2/h4-5,8-9H,3,6-7,10-12H2,1-2H3,(H,18,23). The predicted octanol–water partition coefficient (Wildman–Crippen LogP) is 1.59. The van der Waals surface area contributed by atoms with E-state index in [0.29, 0.717) is 11.6 Å². The molecule has 0 spiro atoms. The second-order valence-corrected chi connectivity index (χ2v) is 6.21. The van der Waals surface area contributed by atoms with Gasteiger partial charge in [-0.15, -0.1) is 5.10 Å². The van der Waals surface area contributed by atoms with Crippen molar-refractivity contribution in [2.24, 2.45) is 0 Å². The molecule has 1 fully saturated rings. The van der Waals surface area contributed by atoms with E-state index in [9.17, 15) is 4.79 Å². The maximum atomic E-state index is 12.2. The smallest absolute Gasteiger partial charge is 0.246 e. The van der Waals surface area contributed by atoms with Gasteiger partial charge in [0.1, 0.15) is 23.6 Å². The number of carbonyl (C=O) groups excluding carboxylic acids is 1. The largest absolute Gasteiger partial charge is 0.494 e. The van der Waals surface area contributed by atoms with Gasteiger partial charge >= 0.3 is 0 Å². The average Bonchev–Trinajstić information content (AvgIpc) is 3.13. The first-order valence-corrected chi connectivity index (χ1v) is 8.42. The minimum absolute atomic E-state index is 0.0119. The van der Waals surface area contributed by atoms with Gasteiger partial charge in [0.15, 0.2) is 5.82 Å². The van der Waals surface area contributed by atoms with Gasteiger partial charge in [-0.2, -0.15) is 4.68 Å². The van der Waals surface area contributed by atoms with Gasteiger partial charge in [-0.1, -0.05) is 31.4 Å². The van der Waals surface area contributed by atoms with Crippen molar-refractivity contribution in [2.75, 3.05) is 20.8 Å². The summed E-state index contributed by atoms with van der Waals surface area (Å²) in [5.74, 6) is 1.13. The summed E-state index contributed by atoms with van der Waals surface area (Å²) in [4.78, 5) is 12.2. The number of methoxy groups -OCH3 is 2. The van der Waals surface area contributed by atoms with Crippen LogP contribution in [0.5, 0.6) is 5.75 Å². The highest BCUT2D eigenvalue weighted by Crippen LogP contribution is 2.37. The van der Waals surface area contributed by atoms with E-state index >= 15 is 0 Å². The van der Waals surface area contributed by atoms with E-state index in [0.717, 1.165) is 37.8 Å². The number of carbonyl (C=O) groups is 1. The van der Waals surface area contributed by atoms with Crippen LogP contribution in [-0.2, 0) is 15.1 Å². The van der Waals surface area contributed by atoms with E-state index in [1.54, 1.807) is 11.8 Å². The van der Waals surface area contributed by atoms with Crippen molar-refractivity contribution in [2.45, 2.75) is 37.6 Å². The van der Waals surface area contributed by atoms with Crippen LogP contribution in [-0.4, -0.2) is 46.9 Å². The maximum absolute atomic E-state index is 12.2. The minimum Gasteiger partial charge on any atom is -0.494 e. The quantitative estimate of drug-likeness (QED) is 0.855. The summed E-state index contributed by atoms with van der Waals surface area (Å²) in [6, 6.07) is 7.55. The van der Waals surface area contributed by atoms with Crippen molar-refractivity contribution in [1.29, 1.82) is 0 Å². The summed E-state index contributed by atoms with van der Waals surface area (Å²) < 4.78 is 12.1. The molecule has 134 valence electrons. The lowest BCUT2D eigenvalue weighted by Gasteiger charge is -2.36. The molecular formula is C17H23N5O3. The topological polar surface area (TPSA) is 91.2 Å². The summed E-state index contributed by atoms with van der Waals surface area (Å²) in [6.45, 7) is 0.0119. The highest BCUT2D eigenvalue weighted by molar-refractivity contribution is 5.78. The van der Waals surface area contributed by atoms with Crippen molar-refractivity contribution in [3.63, 3.8) is 0 Å². The number of para-hydroxylation sites is 2. The summed E-state index contributed by atoms with van der Waals surface area (Å²) in [5, 5.41) is 15.4. The lowest BCUT2D eigenvalue weighted by molar-refractivity contribution is -0.127. The Morgan fingerprint density at radius 1 is 1.24 bits per heavy atom. The third-order valence-corrected chi connectivity index (χ3v) is 4.57. The molecule has 1 aromatic carbocycles. The number of nitrogens with one attached hydrogen (secondary N) is 1. The molecule has 25 heavy (non-hydrogen) atoms. The SMILES string of the molecule is COCC(=O)NC1(c2nnnn2-c2ccccc2OC)CCCCC1. The Hall–Kier alpha value is -2.48. The number of rotatable bonds is 6. The van der Waals surface area contributed by atoms with E-state index in [-0.39, 0.29) is 12.5 Å². The zero-order valence-electron chi connectivity index (χ0n) is 14.6. The van der Waals surface area contributed by atoms with Crippen LogP contribution in [0, 0.1) is 0 Å². The molecule has 1 amide bonds. The van der Waals surface area contributed by atoms with Gasteiger partial charge in [0.05, 0.1) is 7.11 Å². The van der Waals surface area contributed by atoms with Crippen molar-refractivity contribution >= 4 is 5.91 Å². The number of tetrazole rings is 1. The van der Waals surface area contributed by atoms with E-state index < -0.39 is 5.54 Å². The predicted molar refractivity (Wildman–Crippen MR) is 90.5 cm³/mol. The lowest BCUT2D eigenvalue weighted by Crippen LogP contribution is -2.50. The molecule has 1 saturated carbocycles. The Morgan fingerprint density at radius 2 is 2.00 bits per heavy atom. The third kappa shape index (κ3) is 3.48. The fraction of sp³-hybridized carbons (Fsp3) is 0.529. The molecule has 8 nitrogen and oxygen atoms in total. The van der Waals surface area contributed by atoms with Gasteiger partial charge < -0.3 is 14.8 Å². The lowest BCUT2D eigenvalue weighted by atomic mass is 9.80. The van der Waals surface area contributed by atoms with Gasteiger partial charge in [-0.3, -0.25) is 4.79 Å². The van der Waals surface area contributed by atoms with Crippen LogP contribution in [0.4, 0.5) is 0 Å². The average molecular weight is 345 g/mol. The van der Waals surface area contributed by atoms with Crippen LogP contribution in [0.25, 0.3) is 5.69 Å². The van der Waals surface area contributed by atoms with Crippen LogP contribution in [0.2, 0.25) is 0 Å². The highest BCUT2D eigenvalue weighted by atomic mass is 16.5. The summed E-state index contributed by atoms with van der Waals surface area (Å²) in [5.41, 5.74) is 0.147. The number of nitrogens with zero attached hydrogens (tertiary/aromatic N) is 4. The molecular weight excluding hydrogens is 322 g/mol. The number of amides is 1. The molecule has 0 bridgehead atoms. The van der Waals surface area contributed by atoms with Crippen LogP contribution < -0.4 is 10.1 Å². The Bertz CT molecular complexity index is 725. The number of ether oxygens (including phenoxy) is 2. The monoisotopic (exact) mass is 345 g/mol. The maximum Gasteiger partial charge on any atom is 0.246 e. The molecule has 1 heterocycles. The fourth-order valence-electron chi connectivity index (χ4n) is 3.45. The van der Waals surface area contributed by atoms with Crippen molar-refractivity contribution in [3.05, 3.63) is 30.1 Å². The normalized spacial score (nSPS) is 16.4. The van der Waals surface area contributed by atoms with E-state index in [2.05, 4.69) is 20.8 Å². The van der Waals surface area contributed by atoms with E-state index in [1.165, 1.54) is 7.11 Å². The Morgan fingerprint density at radius 3 is 2.72 bits per heavy atom. The molecule has 1 aliphatic rings. The molecule has 2 aromatic rings. The van der Waals surface area contributed by atoms with Crippen LogP contribution in [0.1, 0.15) is 37.9 Å². The Balaban J connectivity index is 2.03. The molecule has 0 saturated heterocycles. The number of aromatic nitrogens is 4. The van der Waals surface area contributed by atoms with Crippen molar-refractivity contribution in [3.8, 4) is 11.4 Å². The molecule has 8 heteroatoms. The molecule has 0 atom stereocenters. The molecule has 3 rings (SSSR count). The number of hydrogen-bond donors (Lipinski definition) is 1.